The zero-order chi connectivity index (χ0) is 52.3. The van der Waals surface area contributed by atoms with Crippen molar-refractivity contribution in [2.24, 2.45) is 0 Å². The van der Waals surface area contributed by atoms with Crippen molar-refractivity contribution >= 4 is 0 Å². The van der Waals surface area contributed by atoms with Crippen LogP contribution in [0.1, 0.15) is 50.3 Å². The van der Waals surface area contributed by atoms with Crippen molar-refractivity contribution in [3.05, 3.63) is 206 Å². The third-order valence-electron chi connectivity index (χ3n) is 11.2. The molecule has 6 aromatic rings. The van der Waals surface area contributed by atoms with E-state index in [0.29, 0.717) is 46.0 Å². The first kappa shape index (κ1) is 54.8. The van der Waals surface area contributed by atoms with Gasteiger partial charge in [0, 0.05) is 17.0 Å². The van der Waals surface area contributed by atoms with Gasteiger partial charge in [0.2, 0.25) is 0 Å². The number of benzene rings is 6. The molecule has 0 aliphatic heterocycles. The number of ether oxygens (including phenoxy) is 8. The highest BCUT2D eigenvalue weighted by Gasteiger charge is 2.27. The lowest BCUT2D eigenvalue weighted by atomic mass is 9.81. The molecule has 4 atom stereocenters. The van der Waals surface area contributed by atoms with Gasteiger partial charge in [0.25, 0.3) is 0 Å². The Morgan fingerprint density at radius 2 is 0.658 bits per heavy atom. The van der Waals surface area contributed by atoms with E-state index >= 15 is 0 Å². The number of allylic oxidation sites excluding steroid dienone is 4. The van der Waals surface area contributed by atoms with Crippen molar-refractivity contribution in [2.45, 2.75) is 58.0 Å². The molecule has 0 spiro atoms. The summed E-state index contributed by atoms with van der Waals surface area (Å²) in [4.78, 5) is 0. The topological polar surface area (TPSA) is 155 Å². The average molecular weight is 993 g/mol. The summed E-state index contributed by atoms with van der Waals surface area (Å²) in [5.41, 5.74) is 7.97. The van der Waals surface area contributed by atoms with Crippen LogP contribution in [0, 0.1) is 0 Å². The molecule has 4 unspecified atom stereocenters. The summed E-state index contributed by atoms with van der Waals surface area (Å²) in [5, 5.41) is 42.9. The molecule has 0 saturated carbocycles. The molecule has 0 aliphatic rings. The van der Waals surface area contributed by atoms with Crippen LogP contribution < -0.4 is 18.9 Å². The lowest BCUT2D eigenvalue weighted by molar-refractivity contribution is 0.0378. The number of aliphatic hydroxyl groups is 4. The van der Waals surface area contributed by atoms with Gasteiger partial charge in [-0.1, -0.05) is 117 Å². The van der Waals surface area contributed by atoms with Gasteiger partial charge in [0.05, 0.1) is 23.0 Å². The van der Waals surface area contributed by atoms with Crippen molar-refractivity contribution in [3.63, 3.8) is 0 Å². The first-order valence-electron chi connectivity index (χ1n) is 24.1. The summed E-state index contributed by atoms with van der Waals surface area (Å²) >= 11 is 0. The molecule has 0 aromatic heterocycles. The van der Waals surface area contributed by atoms with Crippen LogP contribution in [0.2, 0.25) is 0 Å². The van der Waals surface area contributed by atoms with Gasteiger partial charge in [-0.05, 0) is 115 Å². The van der Waals surface area contributed by atoms with E-state index in [2.05, 4.69) is 74.8 Å². The van der Waals surface area contributed by atoms with Crippen molar-refractivity contribution in [1.29, 1.82) is 0 Å². The summed E-state index contributed by atoms with van der Waals surface area (Å²) in [6.07, 6.45) is -3.64. The van der Waals surface area contributed by atoms with Crippen LogP contribution in [-0.2, 0) is 18.9 Å². The fraction of sp³-hybridized carbons (Fsp3) is 0.279. The van der Waals surface area contributed by atoms with E-state index in [4.69, 9.17) is 37.9 Å². The van der Waals surface area contributed by atoms with Crippen LogP contribution >= 0.6 is 0 Å². The highest BCUT2D eigenvalue weighted by Crippen LogP contribution is 2.45. The second-order valence-electron chi connectivity index (χ2n) is 17.9. The lowest BCUT2D eigenvalue weighted by Crippen LogP contribution is -2.24. The van der Waals surface area contributed by atoms with E-state index in [1.54, 1.807) is 27.7 Å². The Bertz CT molecular complexity index is 2570. The van der Waals surface area contributed by atoms with Gasteiger partial charge in [0.1, 0.15) is 100 Å². The molecule has 6 aromatic carbocycles. The minimum absolute atomic E-state index is 0.00914. The van der Waals surface area contributed by atoms with E-state index < -0.39 is 30.3 Å². The molecular formula is C61H68O12. The smallest absolute Gasteiger partial charge is 0.123 e. The molecule has 73 heavy (non-hydrogen) atoms. The van der Waals surface area contributed by atoms with Gasteiger partial charge < -0.3 is 58.3 Å². The van der Waals surface area contributed by atoms with Crippen LogP contribution in [0.25, 0.3) is 33.4 Å². The molecule has 384 valence electrons. The van der Waals surface area contributed by atoms with Gasteiger partial charge >= 0.3 is 0 Å². The third-order valence-corrected chi connectivity index (χ3v) is 11.2. The van der Waals surface area contributed by atoms with Gasteiger partial charge in [-0.2, -0.15) is 0 Å². The Balaban J connectivity index is 1.48. The minimum Gasteiger partial charge on any atom is -0.496 e. The van der Waals surface area contributed by atoms with Crippen molar-refractivity contribution in [1.82, 2.24) is 0 Å². The molecule has 0 saturated heterocycles. The van der Waals surface area contributed by atoms with Gasteiger partial charge in [-0.25, -0.2) is 0 Å². The van der Waals surface area contributed by atoms with Crippen molar-refractivity contribution in [3.8, 4) is 56.4 Å². The molecule has 4 N–H and O–H groups in total. The summed E-state index contributed by atoms with van der Waals surface area (Å²) < 4.78 is 46.8. The first-order valence-corrected chi connectivity index (χ1v) is 24.1. The normalized spacial score (nSPS) is 13.0. The summed E-state index contributed by atoms with van der Waals surface area (Å²) in [6.45, 7) is 21.9. The number of hydrogen-bond donors (Lipinski definition) is 4. The minimum atomic E-state index is -0.976. The molecular weight excluding hydrogens is 925 g/mol. The summed E-state index contributed by atoms with van der Waals surface area (Å²) in [6, 6.07) is 45.5. The highest BCUT2D eigenvalue weighted by atomic mass is 16.5. The molecule has 6 rings (SSSR count). The Kier molecular flexibility index (Phi) is 20.6. The maximum Gasteiger partial charge on any atom is 0.123 e. The van der Waals surface area contributed by atoms with Gasteiger partial charge in [0.15, 0.2) is 0 Å². The van der Waals surface area contributed by atoms with E-state index in [9.17, 15) is 20.4 Å². The number of hydrogen-bond acceptors (Lipinski definition) is 12. The Hall–Kier alpha value is -7.48. The first-order chi connectivity index (χ1) is 35.1. The predicted octanol–water partition coefficient (Wildman–Crippen LogP) is 11.0. The second kappa shape index (κ2) is 27.4. The molecule has 0 heterocycles. The molecule has 0 amide bonds. The molecule has 0 fully saturated rings. The Labute approximate surface area is 429 Å². The fourth-order valence-corrected chi connectivity index (χ4v) is 7.59. The van der Waals surface area contributed by atoms with Crippen LogP contribution in [0.15, 0.2) is 189 Å². The van der Waals surface area contributed by atoms with E-state index in [1.165, 1.54) is 0 Å². The Morgan fingerprint density at radius 3 is 1.01 bits per heavy atom. The molecule has 0 radical (unpaired) electrons. The fourth-order valence-electron chi connectivity index (χ4n) is 7.59. The lowest BCUT2D eigenvalue weighted by Gasteiger charge is -2.26. The van der Waals surface area contributed by atoms with E-state index in [1.807, 2.05) is 91.0 Å². The predicted molar refractivity (Wildman–Crippen MR) is 286 cm³/mol. The second-order valence-corrected chi connectivity index (χ2v) is 17.9. The van der Waals surface area contributed by atoms with E-state index in [0.717, 1.165) is 50.1 Å². The highest BCUT2D eigenvalue weighted by molar-refractivity contribution is 5.72. The average Bonchev–Trinajstić information content (AvgIpc) is 3.39. The largest absolute Gasteiger partial charge is 0.496 e. The molecule has 0 bridgehead atoms. The zero-order valence-corrected chi connectivity index (χ0v) is 42.2. The summed E-state index contributed by atoms with van der Waals surface area (Å²) in [5.74, 6) is 3.54. The standard InChI is InChI=1S/C61H68O12/c1-40(2)66-32-51(62)36-70-55-24-18-46(19-25-55)49-22-28-59(72-38-53(64)34-68-42(5)6)57(30-49)61(48-16-14-45(15-17-48)44-12-10-9-11-13-44)58-31-50(23-29-60(58)73-39-54(65)35-69-43(7)8)47-20-26-56(27-21-47)71-37-52(63)33-67-41(3)4/h9-31,51-54,61-65H,1,3,5,7,32-39H2,2,4,6,8H3. The Morgan fingerprint density at radius 1 is 0.356 bits per heavy atom. The van der Waals surface area contributed by atoms with Gasteiger partial charge in [-0.15, -0.1) is 0 Å². The van der Waals surface area contributed by atoms with Crippen molar-refractivity contribution in [2.75, 3.05) is 52.9 Å². The summed E-state index contributed by atoms with van der Waals surface area (Å²) in [7, 11) is 0. The molecule has 12 heteroatoms. The molecule has 0 aliphatic carbocycles. The maximum absolute atomic E-state index is 11.1. The van der Waals surface area contributed by atoms with E-state index in [-0.39, 0.29) is 52.9 Å². The SMILES string of the molecule is C=C(C)OCC(O)COc1ccc(-c2ccc(OCC(O)COC(=C)C)c(C(c3ccc(-c4ccccc4)cc3)c3cc(-c4ccc(OCC(O)COC(=C)C)cc4)ccc3OCC(O)COC(=C)C)c2)cc1. The van der Waals surface area contributed by atoms with Crippen LogP contribution in [-0.4, -0.2) is 97.7 Å². The number of aliphatic hydroxyl groups excluding tert-OH is 4. The number of rotatable bonds is 30. The quantitative estimate of drug-likeness (QED) is 0.0251. The maximum atomic E-state index is 11.1. The van der Waals surface area contributed by atoms with Crippen LogP contribution in [0.4, 0.5) is 0 Å². The molecule has 12 nitrogen and oxygen atoms in total. The van der Waals surface area contributed by atoms with Gasteiger partial charge in [-0.3, -0.25) is 0 Å². The zero-order valence-electron chi connectivity index (χ0n) is 42.2. The monoisotopic (exact) mass is 992 g/mol. The third kappa shape index (κ3) is 17.4. The van der Waals surface area contributed by atoms with Crippen molar-refractivity contribution < 1.29 is 58.3 Å². The van der Waals surface area contributed by atoms with Crippen LogP contribution in [0.3, 0.4) is 0 Å². The van der Waals surface area contributed by atoms with Crippen LogP contribution in [0.5, 0.6) is 23.0 Å².